The summed E-state index contributed by atoms with van der Waals surface area (Å²) >= 11 is 0. The monoisotopic (exact) mass is 906 g/mol. The number of hydrogen-bond donors (Lipinski definition) is 3. The molecular formula is C59H103NO5. The number of esters is 1. The summed E-state index contributed by atoms with van der Waals surface area (Å²) < 4.78 is 5.91. The van der Waals surface area contributed by atoms with E-state index in [0.717, 1.165) is 103 Å². The maximum absolute atomic E-state index is 13.2. The smallest absolute Gasteiger partial charge is 0.306 e. The Morgan fingerprint density at radius 3 is 1.29 bits per heavy atom. The number of aliphatic hydroxyl groups is 2. The van der Waals surface area contributed by atoms with Crippen LogP contribution in [0.15, 0.2) is 85.1 Å². The largest absolute Gasteiger partial charge is 0.462 e. The van der Waals surface area contributed by atoms with Crippen molar-refractivity contribution in [3.63, 3.8) is 0 Å². The third-order valence-corrected chi connectivity index (χ3v) is 12.0. The second-order valence-corrected chi connectivity index (χ2v) is 18.2. The Morgan fingerprint density at radius 1 is 0.462 bits per heavy atom. The molecule has 0 heterocycles. The van der Waals surface area contributed by atoms with Crippen LogP contribution in [0.2, 0.25) is 0 Å². The van der Waals surface area contributed by atoms with Gasteiger partial charge >= 0.3 is 5.97 Å². The molecular weight excluding hydrogens is 803 g/mol. The fourth-order valence-corrected chi connectivity index (χ4v) is 7.84. The van der Waals surface area contributed by atoms with Crippen molar-refractivity contribution in [1.29, 1.82) is 0 Å². The molecule has 0 aromatic rings. The van der Waals surface area contributed by atoms with Crippen molar-refractivity contribution in [1.82, 2.24) is 5.32 Å². The Hall–Kier alpha value is -2.96. The number of unbranched alkanes of at least 4 members (excludes halogenated alkanes) is 22. The van der Waals surface area contributed by atoms with Crippen molar-refractivity contribution in [2.45, 2.75) is 270 Å². The van der Waals surface area contributed by atoms with Crippen molar-refractivity contribution in [2.24, 2.45) is 0 Å². The molecule has 0 aliphatic rings. The van der Waals surface area contributed by atoms with Crippen LogP contribution >= 0.6 is 0 Å². The van der Waals surface area contributed by atoms with Gasteiger partial charge in [0.05, 0.1) is 25.2 Å². The topological polar surface area (TPSA) is 95.9 Å². The number of carbonyl (C=O) groups excluding carboxylic acids is 2. The third-order valence-electron chi connectivity index (χ3n) is 12.0. The predicted molar refractivity (Wildman–Crippen MR) is 282 cm³/mol. The number of hydrogen-bond acceptors (Lipinski definition) is 5. The lowest BCUT2D eigenvalue weighted by molar-refractivity contribution is -0.151. The first-order valence-corrected chi connectivity index (χ1v) is 27.3. The van der Waals surface area contributed by atoms with Crippen LogP contribution in [0.3, 0.4) is 0 Å². The van der Waals surface area contributed by atoms with E-state index in [-0.39, 0.29) is 24.9 Å². The van der Waals surface area contributed by atoms with Crippen LogP contribution in [-0.4, -0.2) is 46.9 Å². The number of allylic oxidation sites excluding steroid dienone is 14. The quantitative estimate of drug-likeness (QED) is 0.0321. The second-order valence-electron chi connectivity index (χ2n) is 18.2. The molecule has 3 atom stereocenters. The average Bonchev–Trinajstić information content (AvgIpc) is 3.30. The van der Waals surface area contributed by atoms with Gasteiger partial charge in [0.25, 0.3) is 0 Å². The molecule has 0 spiro atoms. The molecule has 374 valence electrons. The lowest BCUT2D eigenvalue weighted by Gasteiger charge is -2.24. The highest BCUT2D eigenvalue weighted by Gasteiger charge is 2.24. The van der Waals surface area contributed by atoms with Gasteiger partial charge in [0.1, 0.15) is 6.10 Å². The normalized spacial score (nSPS) is 13.9. The molecule has 0 saturated carbocycles. The lowest BCUT2D eigenvalue weighted by atomic mass is 10.0. The molecule has 6 nitrogen and oxygen atoms in total. The first-order chi connectivity index (χ1) is 32.0. The van der Waals surface area contributed by atoms with Gasteiger partial charge in [-0.05, 0) is 103 Å². The van der Waals surface area contributed by atoms with E-state index in [2.05, 4.69) is 111 Å². The predicted octanol–water partition coefficient (Wildman–Crippen LogP) is 16.7. The lowest BCUT2D eigenvalue weighted by Crippen LogP contribution is -2.46. The highest BCUT2D eigenvalue weighted by atomic mass is 16.5. The van der Waals surface area contributed by atoms with E-state index >= 15 is 0 Å². The molecule has 3 N–H and O–H groups in total. The number of rotatable bonds is 48. The van der Waals surface area contributed by atoms with Gasteiger partial charge in [0.15, 0.2) is 0 Å². The standard InChI is InChI=1S/C59H103NO5/c1-4-7-10-13-16-19-22-25-28-31-34-37-40-43-46-49-52-59(64)65-55(50-47-44-41-38-35-32-29-26-23-20-17-14-11-8-5-2)53-58(63)60-56(54-61)57(62)51-48-45-42-39-36-33-30-27-24-21-18-15-12-9-6-3/h7,10,16-17,19-20,25-26,28-29,34-35,37-38,55-57,61-62H,4-6,8-9,11-15,18,21-24,27,30-33,36,39-54H2,1-3H3,(H,60,63)/b10-7+,19-16+,20-17-,28-25+,29-26-,37-34+,38-35-. The van der Waals surface area contributed by atoms with Crippen LogP contribution in [0, 0.1) is 0 Å². The molecule has 0 aromatic heterocycles. The Morgan fingerprint density at radius 2 is 0.831 bits per heavy atom. The van der Waals surface area contributed by atoms with E-state index in [1.165, 1.54) is 103 Å². The molecule has 65 heavy (non-hydrogen) atoms. The van der Waals surface area contributed by atoms with E-state index in [1.807, 2.05) is 0 Å². The number of ether oxygens (including phenoxy) is 1. The van der Waals surface area contributed by atoms with E-state index in [9.17, 15) is 19.8 Å². The minimum atomic E-state index is -0.808. The zero-order valence-electron chi connectivity index (χ0n) is 42.6. The van der Waals surface area contributed by atoms with Gasteiger partial charge in [-0.3, -0.25) is 9.59 Å². The van der Waals surface area contributed by atoms with Crippen LogP contribution in [0.5, 0.6) is 0 Å². The first kappa shape index (κ1) is 62.0. The SMILES string of the molecule is CC/C=C/C/C=C/C/C=C/C/C=C/CCCCCC(=O)OC(CCCC/C=C\C/C=C\C/C=C\CCCCC)CC(=O)NC(CO)C(O)CCCCCCCCCCCCCCCCC. The number of nitrogens with one attached hydrogen (secondary N) is 1. The summed E-state index contributed by atoms with van der Waals surface area (Å²) in [7, 11) is 0. The van der Waals surface area contributed by atoms with Gasteiger partial charge in [-0.2, -0.15) is 0 Å². The first-order valence-electron chi connectivity index (χ1n) is 27.3. The molecule has 1 amide bonds. The third kappa shape index (κ3) is 47.3. The number of aliphatic hydroxyl groups excluding tert-OH is 2. The minimum absolute atomic E-state index is 0.0352. The summed E-state index contributed by atoms with van der Waals surface area (Å²) in [6, 6.07) is -0.725. The summed E-state index contributed by atoms with van der Waals surface area (Å²) in [5.41, 5.74) is 0. The maximum atomic E-state index is 13.2. The fraction of sp³-hybridized carbons (Fsp3) is 0.729. The molecule has 0 aliphatic heterocycles. The fourth-order valence-electron chi connectivity index (χ4n) is 7.84. The average molecular weight is 906 g/mol. The summed E-state index contributed by atoms with van der Waals surface area (Å²) in [6.07, 6.45) is 67.8. The van der Waals surface area contributed by atoms with Gasteiger partial charge in [-0.25, -0.2) is 0 Å². The summed E-state index contributed by atoms with van der Waals surface area (Å²) in [5, 5.41) is 23.8. The van der Waals surface area contributed by atoms with Crippen LogP contribution in [0.4, 0.5) is 0 Å². The van der Waals surface area contributed by atoms with E-state index in [0.29, 0.717) is 19.3 Å². The molecule has 0 bridgehead atoms. The summed E-state index contributed by atoms with van der Waals surface area (Å²) in [4.78, 5) is 26.2. The van der Waals surface area contributed by atoms with Gasteiger partial charge in [0.2, 0.25) is 5.91 Å². The molecule has 3 unspecified atom stereocenters. The van der Waals surface area contributed by atoms with Crippen molar-refractivity contribution < 1.29 is 24.5 Å². The van der Waals surface area contributed by atoms with Gasteiger partial charge in [-0.1, -0.05) is 221 Å². The number of carbonyl (C=O) groups is 2. The summed E-state index contributed by atoms with van der Waals surface area (Å²) in [6.45, 7) is 6.33. The number of amides is 1. The van der Waals surface area contributed by atoms with Crippen LogP contribution in [0.1, 0.15) is 252 Å². The Kier molecular flexibility index (Phi) is 49.6. The molecule has 0 rings (SSSR count). The molecule has 0 radical (unpaired) electrons. The highest BCUT2D eigenvalue weighted by Crippen LogP contribution is 2.17. The van der Waals surface area contributed by atoms with Gasteiger partial charge in [0, 0.05) is 6.42 Å². The maximum Gasteiger partial charge on any atom is 0.306 e. The van der Waals surface area contributed by atoms with Crippen molar-refractivity contribution in [3.05, 3.63) is 85.1 Å². The van der Waals surface area contributed by atoms with Crippen molar-refractivity contribution in [3.8, 4) is 0 Å². The molecule has 0 fully saturated rings. The van der Waals surface area contributed by atoms with Gasteiger partial charge in [-0.15, -0.1) is 0 Å². The molecule has 0 aliphatic carbocycles. The van der Waals surface area contributed by atoms with Crippen molar-refractivity contribution >= 4 is 11.9 Å². The van der Waals surface area contributed by atoms with E-state index in [1.54, 1.807) is 0 Å². The molecule has 6 heteroatoms. The van der Waals surface area contributed by atoms with Crippen LogP contribution < -0.4 is 5.32 Å². The Balaban J connectivity index is 4.69. The van der Waals surface area contributed by atoms with Crippen molar-refractivity contribution in [2.75, 3.05) is 6.61 Å². The second kappa shape index (κ2) is 52.0. The minimum Gasteiger partial charge on any atom is -0.462 e. The van der Waals surface area contributed by atoms with E-state index < -0.39 is 18.2 Å². The Bertz CT molecular complexity index is 1250. The zero-order valence-corrected chi connectivity index (χ0v) is 42.6. The highest BCUT2D eigenvalue weighted by molar-refractivity contribution is 5.77. The molecule has 0 saturated heterocycles. The Labute approximate surface area is 402 Å². The summed E-state index contributed by atoms with van der Waals surface area (Å²) in [5.74, 6) is -0.550. The van der Waals surface area contributed by atoms with Crippen LogP contribution in [-0.2, 0) is 14.3 Å². The molecule has 0 aromatic carbocycles. The van der Waals surface area contributed by atoms with E-state index in [4.69, 9.17) is 4.74 Å². The zero-order chi connectivity index (χ0) is 47.4. The van der Waals surface area contributed by atoms with Crippen LogP contribution in [0.25, 0.3) is 0 Å². The van der Waals surface area contributed by atoms with Gasteiger partial charge < -0.3 is 20.3 Å².